The second-order valence-corrected chi connectivity index (χ2v) is 6.20. The van der Waals surface area contributed by atoms with E-state index in [9.17, 15) is 8.42 Å². The molecule has 0 aliphatic rings. The second-order valence-electron chi connectivity index (χ2n) is 2.01. The molecule has 0 bridgehead atoms. The number of rotatable bonds is 1. The summed E-state index contributed by atoms with van der Waals surface area (Å²) in [6, 6.07) is 4.55. The summed E-state index contributed by atoms with van der Waals surface area (Å²) in [5, 5.41) is 0.150. The molecule has 1 aromatic rings. The zero-order valence-electron chi connectivity index (χ0n) is 5.59. The van der Waals surface area contributed by atoms with Crippen molar-refractivity contribution in [1.29, 1.82) is 0 Å². The normalized spacial score (nSPS) is 11.6. The van der Waals surface area contributed by atoms with Gasteiger partial charge in [0.05, 0.1) is 5.02 Å². The first kappa shape index (κ1) is 10.6. The SMILES string of the molecule is O=S(=O)(Cl)c1ccc(I)cc1Cl. The molecule has 0 spiro atoms. The summed E-state index contributed by atoms with van der Waals surface area (Å²) in [6.07, 6.45) is 0. The Kier molecular flexibility index (Phi) is 3.25. The number of benzene rings is 1. The van der Waals surface area contributed by atoms with Gasteiger partial charge in [0, 0.05) is 14.3 Å². The van der Waals surface area contributed by atoms with Crippen LogP contribution in [0, 0.1) is 3.57 Å². The largest absolute Gasteiger partial charge is 0.262 e. The molecule has 2 nitrogen and oxygen atoms in total. The van der Waals surface area contributed by atoms with Crippen molar-refractivity contribution in [2.45, 2.75) is 4.90 Å². The molecule has 0 saturated heterocycles. The van der Waals surface area contributed by atoms with Crippen molar-refractivity contribution in [1.82, 2.24) is 0 Å². The van der Waals surface area contributed by atoms with Gasteiger partial charge < -0.3 is 0 Å². The summed E-state index contributed by atoms with van der Waals surface area (Å²) in [5.74, 6) is 0. The molecule has 0 N–H and O–H groups in total. The van der Waals surface area contributed by atoms with Gasteiger partial charge in [0.1, 0.15) is 4.90 Å². The third-order valence-corrected chi connectivity index (χ3v) is 3.63. The van der Waals surface area contributed by atoms with Crippen LogP contribution in [0.3, 0.4) is 0 Å². The van der Waals surface area contributed by atoms with Crippen molar-refractivity contribution in [3.05, 3.63) is 26.8 Å². The van der Waals surface area contributed by atoms with Crippen molar-refractivity contribution in [2.75, 3.05) is 0 Å². The van der Waals surface area contributed by atoms with E-state index < -0.39 is 9.05 Å². The number of hydrogen-bond acceptors (Lipinski definition) is 2. The van der Waals surface area contributed by atoms with Crippen molar-refractivity contribution >= 4 is 53.9 Å². The van der Waals surface area contributed by atoms with E-state index in [-0.39, 0.29) is 9.92 Å². The molecule has 0 atom stereocenters. The van der Waals surface area contributed by atoms with Gasteiger partial charge in [0.2, 0.25) is 0 Å². The fourth-order valence-corrected chi connectivity index (χ4v) is 2.88. The van der Waals surface area contributed by atoms with Crippen LogP contribution in [0.5, 0.6) is 0 Å². The van der Waals surface area contributed by atoms with Crippen LogP contribution in [-0.4, -0.2) is 8.42 Å². The molecule has 66 valence electrons. The highest BCUT2D eigenvalue weighted by Gasteiger charge is 2.13. The average Bonchev–Trinajstić information content (AvgIpc) is 1.83. The minimum atomic E-state index is -3.71. The summed E-state index contributed by atoms with van der Waals surface area (Å²) < 4.78 is 22.5. The Morgan fingerprint density at radius 1 is 1.33 bits per heavy atom. The molecule has 1 rings (SSSR count). The van der Waals surface area contributed by atoms with Gasteiger partial charge in [0.15, 0.2) is 0 Å². The maximum Gasteiger partial charge on any atom is 0.262 e. The van der Waals surface area contributed by atoms with Gasteiger partial charge in [-0.05, 0) is 40.8 Å². The first-order valence-corrected chi connectivity index (χ1v) is 6.57. The van der Waals surface area contributed by atoms with Crippen LogP contribution in [0.4, 0.5) is 0 Å². The van der Waals surface area contributed by atoms with Crippen LogP contribution in [0.2, 0.25) is 5.02 Å². The third kappa shape index (κ3) is 2.48. The molecule has 12 heavy (non-hydrogen) atoms. The molecule has 0 aliphatic carbocycles. The highest BCUT2D eigenvalue weighted by molar-refractivity contribution is 14.1. The standard InChI is InChI=1S/C6H3Cl2IO2S/c7-5-3-4(9)1-2-6(5)12(8,10)11/h1-3H. The molecule has 0 unspecified atom stereocenters. The molecule has 0 fully saturated rings. The zero-order valence-corrected chi connectivity index (χ0v) is 10.1. The van der Waals surface area contributed by atoms with Crippen LogP contribution in [-0.2, 0) is 9.05 Å². The molecule has 0 amide bonds. The highest BCUT2D eigenvalue weighted by Crippen LogP contribution is 2.25. The van der Waals surface area contributed by atoms with Crippen LogP contribution < -0.4 is 0 Å². The van der Waals surface area contributed by atoms with Crippen molar-refractivity contribution < 1.29 is 8.42 Å². The molecule has 0 heterocycles. The van der Waals surface area contributed by atoms with Gasteiger partial charge in [-0.2, -0.15) is 0 Å². The van der Waals surface area contributed by atoms with E-state index in [1.807, 2.05) is 22.6 Å². The van der Waals surface area contributed by atoms with Crippen LogP contribution in [0.15, 0.2) is 23.1 Å². The van der Waals surface area contributed by atoms with Crippen LogP contribution >= 0.6 is 44.9 Å². The van der Waals surface area contributed by atoms with E-state index in [1.165, 1.54) is 12.1 Å². The predicted octanol–water partition coefficient (Wildman–Crippen LogP) is 2.87. The van der Waals surface area contributed by atoms with Gasteiger partial charge in [-0.25, -0.2) is 8.42 Å². The Morgan fingerprint density at radius 2 is 1.92 bits per heavy atom. The summed E-state index contributed by atoms with van der Waals surface area (Å²) >= 11 is 7.67. The van der Waals surface area contributed by atoms with E-state index in [1.54, 1.807) is 6.07 Å². The Balaban J connectivity index is 3.39. The minimum Gasteiger partial charge on any atom is -0.207 e. The zero-order chi connectivity index (χ0) is 9.35. The predicted molar refractivity (Wildman–Crippen MR) is 57.2 cm³/mol. The highest BCUT2D eigenvalue weighted by atomic mass is 127. The molecule has 6 heteroatoms. The monoisotopic (exact) mass is 336 g/mol. The van der Waals surface area contributed by atoms with Gasteiger partial charge >= 0.3 is 0 Å². The van der Waals surface area contributed by atoms with Gasteiger partial charge in [-0.3, -0.25) is 0 Å². The van der Waals surface area contributed by atoms with E-state index in [2.05, 4.69) is 0 Å². The Labute approximate surface area is 93.4 Å². The van der Waals surface area contributed by atoms with E-state index >= 15 is 0 Å². The lowest BCUT2D eigenvalue weighted by atomic mass is 10.4. The topological polar surface area (TPSA) is 34.1 Å². The maximum absolute atomic E-state index is 10.8. The summed E-state index contributed by atoms with van der Waals surface area (Å²) in [4.78, 5) is -0.0498. The summed E-state index contributed by atoms with van der Waals surface area (Å²) in [7, 11) is 1.39. The molecular weight excluding hydrogens is 334 g/mol. The Hall–Kier alpha value is 0.480. The second kappa shape index (κ2) is 3.69. The third-order valence-electron chi connectivity index (χ3n) is 1.16. The molecular formula is C6H3Cl2IO2S. The lowest BCUT2D eigenvalue weighted by Gasteiger charge is -1.98. The van der Waals surface area contributed by atoms with Gasteiger partial charge in [-0.1, -0.05) is 11.6 Å². The fraction of sp³-hybridized carbons (Fsp3) is 0. The van der Waals surface area contributed by atoms with Crippen molar-refractivity contribution in [3.63, 3.8) is 0 Å². The number of hydrogen-bond donors (Lipinski definition) is 0. The molecule has 1 aromatic carbocycles. The first-order chi connectivity index (χ1) is 5.41. The molecule has 0 radical (unpaired) electrons. The maximum atomic E-state index is 10.8. The average molecular weight is 337 g/mol. The van der Waals surface area contributed by atoms with Crippen LogP contribution in [0.25, 0.3) is 0 Å². The Morgan fingerprint density at radius 3 is 2.33 bits per heavy atom. The summed E-state index contributed by atoms with van der Waals surface area (Å²) in [6.45, 7) is 0. The van der Waals surface area contributed by atoms with Crippen molar-refractivity contribution in [2.24, 2.45) is 0 Å². The molecule has 0 aromatic heterocycles. The van der Waals surface area contributed by atoms with Crippen molar-refractivity contribution in [3.8, 4) is 0 Å². The molecule has 0 aliphatic heterocycles. The van der Waals surface area contributed by atoms with E-state index in [0.29, 0.717) is 0 Å². The smallest absolute Gasteiger partial charge is 0.207 e. The quantitative estimate of drug-likeness (QED) is 0.583. The minimum absolute atomic E-state index is 0.0498. The number of halogens is 3. The first-order valence-electron chi connectivity index (χ1n) is 2.81. The van der Waals surface area contributed by atoms with Gasteiger partial charge in [0.25, 0.3) is 9.05 Å². The molecule has 0 saturated carbocycles. The summed E-state index contributed by atoms with van der Waals surface area (Å²) in [5.41, 5.74) is 0. The lowest BCUT2D eigenvalue weighted by molar-refractivity contribution is 0.609. The van der Waals surface area contributed by atoms with E-state index in [0.717, 1.165) is 3.57 Å². The van der Waals surface area contributed by atoms with Gasteiger partial charge in [-0.15, -0.1) is 0 Å². The lowest BCUT2D eigenvalue weighted by Crippen LogP contribution is -1.91. The van der Waals surface area contributed by atoms with Crippen LogP contribution in [0.1, 0.15) is 0 Å². The fourth-order valence-electron chi connectivity index (χ4n) is 0.673. The Bertz CT molecular complexity index is 402. The van der Waals surface area contributed by atoms with E-state index in [4.69, 9.17) is 22.3 Å².